The van der Waals surface area contributed by atoms with Gasteiger partial charge in [0.1, 0.15) is 5.88 Å². The number of rotatable bonds is 2. The fraction of sp³-hybridized carbons (Fsp3) is 0.538. The zero-order chi connectivity index (χ0) is 13.7. The van der Waals surface area contributed by atoms with E-state index in [-0.39, 0.29) is 17.6 Å². The van der Waals surface area contributed by atoms with Crippen molar-refractivity contribution in [2.75, 3.05) is 5.88 Å². The predicted molar refractivity (Wildman–Crippen MR) is 72.1 cm³/mol. The molecule has 1 aromatic rings. The van der Waals surface area contributed by atoms with Crippen molar-refractivity contribution in [3.05, 3.63) is 23.5 Å². The third-order valence-electron chi connectivity index (χ3n) is 2.72. The van der Waals surface area contributed by atoms with Crippen LogP contribution in [-0.4, -0.2) is 28.2 Å². The maximum Gasteiger partial charge on any atom is 0.235 e. The van der Waals surface area contributed by atoms with Gasteiger partial charge in [-0.1, -0.05) is 13.8 Å². The van der Waals surface area contributed by atoms with E-state index >= 15 is 0 Å². The number of carbonyl (C=O) groups is 2. The Morgan fingerprint density at radius 2 is 2.22 bits per heavy atom. The Bertz CT molecular complexity index is 440. The number of hydrogen-bond acceptors (Lipinski definition) is 2. The van der Waals surface area contributed by atoms with Crippen LogP contribution in [0, 0.1) is 6.92 Å². The van der Waals surface area contributed by atoms with Crippen molar-refractivity contribution in [3.63, 3.8) is 0 Å². The van der Waals surface area contributed by atoms with E-state index in [0.717, 1.165) is 12.1 Å². The van der Waals surface area contributed by atoms with E-state index in [0.29, 0.717) is 12.1 Å². The molecule has 0 fully saturated rings. The van der Waals surface area contributed by atoms with Crippen molar-refractivity contribution in [2.45, 2.75) is 39.8 Å². The summed E-state index contributed by atoms with van der Waals surface area (Å²) in [6.07, 6.45) is 2.58. The van der Waals surface area contributed by atoms with E-state index in [9.17, 15) is 9.59 Å². The average Bonchev–Trinajstić information content (AvgIpc) is 2.77. The third kappa shape index (κ3) is 3.13. The van der Waals surface area contributed by atoms with Gasteiger partial charge in [0.15, 0.2) is 0 Å². The van der Waals surface area contributed by atoms with Crippen molar-refractivity contribution >= 4 is 23.3 Å². The Morgan fingerprint density at radius 3 is 2.83 bits per heavy atom. The summed E-state index contributed by atoms with van der Waals surface area (Å²) in [4.78, 5) is 23.1. The number of nitrogens with zero attached hydrogens (tertiary/aromatic N) is 1. The highest BCUT2D eigenvalue weighted by Gasteiger charge is 2.28. The highest BCUT2D eigenvalue weighted by molar-refractivity contribution is 6.27. The smallest absolute Gasteiger partial charge is 0.235 e. The molecule has 0 bridgehead atoms. The molecule has 5 heteroatoms. The van der Waals surface area contributed by atoms with E-state index < -0.39 is 6.04 Å². The quantitative estimate of drug-likeness (QED) is 0.837. The van der Waals surface area contributed by atoms with Gasteiger partial charge in [-0.05, 0) is 25.0 Å². The topological polar surface area (TPSA) is 51.1 Å². The number of fused-ring (bicyclic) bond motifs is 1. The first kappa shape index (κ1) is 14.8. The molecule has 1 unspecified atom stereocenters. The van der Waals surface area contributed by atoms with E-state index in [2.05, 4.69) is 5.32 Å². The molecule has 1 amide bonds. The number of ketones is 1. The van der Waals surface area contributed by atoms with E-state index in [4.69, 9.17) is 11.6 Å². The Morgan fingerprint density at radius 1 is 1.56 bits per heavy atom. The Labute approximate surface area is 112 Å². The number of aromatic nitrogens is 1. The van der Waals surface area contributed by atoms with E-state index in [1.165, 1.54) is 0 Å². The fourth-order valence-corrected chi connectivity index (χ4v) is 2.07. The monoisotopic (exact) mass is 270 g/mol. The van der Waals surface area contributed by atoms with Gasteiger partial charge < -0.3 is 9.88 Å². The van der Waals surface area contributed by atoms with Gasteiger partial charge in [-0.25, -0.2) is 0 Å². The lowest BCUT2D eigenvalue weighted by Crippen LogP contribution is -2.45. The van der Waals surface area contributed by atoms with Gasteiger partial charge in [0, 0.05) is 12.7 Å². The van der Waals surface area contributed by atoms with Crippen LogP contribution in [0.5, 0.6) is 0 Å². The molecule has 0 aliphatic carbocycles. The van der Waals surface area contributed by atoms with Crippen LogP contribution < -0.4 is 5.32 Å². The summed E-state index contributed by atoms with van der Waals surface area (Å²) in [6, 6.07) is 1.43. The minimum atomic E-state index is -0.423. The summed E-state index contributed by atoms with van der Waals surface area (Å²) in [5.74, 6) is -0.432. The molecular weight excluding hydrogens is 252 g/mol. The second-order valence-corrected chi connectivity index (χ2v) is 4.27. The SMILES string of the molecule is CC.Cc1cc2n(c1)CCC(NC(=O)CCl)C2=O. The number of amides is 1. The van der Waals surface area contributed by atoms with Gasteiger partial charge in [-0.2, -0.15) is 0 Å². The molecule has 4 nitrogen and oxygen atoms in total. The standard InChI is InChI=1S/C11H13ClN2O2.C2H6/c1-7-4-9-11(16)8(13-10(15)5-12)2-3-14(9)6-7;1-2/h4,6,8H,2-3,5H2,1H3,(H,13,15);1-2H3. The summed E-state index contributed by atoms with van der Waals surface area (Å²) in [6.45, 7) is 6.70. The minimum absolute atomic E-state index is 0.0298. The molecule has 1 aliphatic rings. The van der Waals surface area contributed by atoms with Crippen molar-refractivity contribution in [2.24, 2.45) is 0 Å². The zero-order valence-electron chi connectivity index (χ0n) is 11.0. The first-order valence-electron chi connectivity index (χ1n) is 6.18. The van der Waals surface area contributed by atoms with Crippen LogP contribution >= 0.6 is 11.6 Å². The second kappa shape index (κ2) is 6.59. The van der Waals surface area contributed by atoms with E-state index in [1.54, 1.807) is 0 Å². The van der Waals surface area contributed by atoms with Crippen molar-refractivity contribution in [1.82, 2.24) is 9.88 Å². The molecule has 2 rings (SSSR count). The Balaban J connectivity index is 0.000000771. The predicted octanol–water partition coefficient (Wildman–Crippen LogP) is 2.13. The van der Waals surface area contributed by atoms with Crippen molar-refractivity contribution in [3.8, 4) is 0 Å². The normalized spacial score (nSPS) is 17.6. The lowest BCUT2D eigenvalue weighted by Gasteiger charge is -2.23. The van der Waals surface area contributed by atoms with Crippen LogP contribution in [0.2, 0.25) is 0 Å². The first-order chi connectivity index (χ1) is 8.61. The molecule has 1 atom stereocenters. The highest BCUT2D eigenvalue weighted by Crippen LogP contribution is 2.18. The molecule has 2 heterocycles. The second-order valence-electron chi connectivity index (χ2n) is 4.00. The number of halogens is 1. The molecule has 0 spiro atoms. The lowest BCUT2D eigenvalue weighted by molar-refractivity contribution is -0.119. The number of nitrogens with one attached hydrogen (secondary N) is 1. The highest BCUT2D eigenvalue weighted by atomic mass is 35.5. The van der Waals surface area contributed by atoms with Crippen molar-refractivity contribution in [1.29, 1.82) is 0 Å². The zero-order valence-corrected chi connectivity index (χ0v) is 11.8. The van der Waals surface area contributed by atoms with Gasteiger partial charge in [0.2, 0.25) is 11.7 Å². The Hall–Kier alpha value is -1.29. The van der Waals surface area contributed by atoms with Crippen molar-refractivity contribution < 1.29 is 9.59 Å². The summed E-state index contributed by atoms with van der Waals surface area (Å²) < 4.78 is 1.93. The first-order valence-corrected chi connectivity index (χ1v) is 6.71. The van der Waals surface area contributed by atoms with Gasteiger partial charge in [-0.3, -0.25) is 9.59 Å². The summed E-state index contributed by atoms with van der Waals surface area (Å²) in [5.41, 5.74) is 1.73. The van der Waals surface area contributed by atoms with Crippen LogP contribution in [0.25, 0.3) is 0 Å². The number of alkyl halides is 1. The average molecular weight is 271 g/mol. The molecular formula is C13H19ClN2O2. The van der Waals surface area contributed by atoms with Gasteiger partial charge >= 0.3 is 0 Å². The lowest BCUT2D eigenvalue weighted by atomic mass is 10.0. The number of hydrogen-bond donors (Lipinski definition) is 1. The minimum Gasteiger partial charge on any atom is -0.345 e. The molecule has 0 saturated carbocycles. The molecule has 0 radical (unpaired) electrons. The molecule has 100 valence electrons. The van der Waals surface area contributed by atoms with Gasteiger partial charge in [0.25, 0.3) is 0 Å². The maximum atomic E-state index is 12.0. The molecule has 1 aromatic heterocycles. The number of aryl methyl sites for hydroxylation is 2. The van der Waals surface area contributed by atoms with Crippen LogP contribution in [-0.2, 0) is 11.3 Å². The molecule has 18 heavy (non-hydrogen) atoms. The molecule has 0 aromatic carbocycles. The van der Waals surface area contributed by atoms with Crippen LogP contribution in [0.1, 0.15) is 36.3 Å². The van der Waals surface area contributed by atoms with Gasteiger partial charge in [0.05, 0.1) is 11.7 Å². The summed E-state index contributed by atoms with van der Waals surface area (Å²) in [5, 5.41) is 2.63. The number of Topliss-reactive ketones (excluding diaryl/α,β-unsaturated/α-hetero) is 1. The summed E-state index contributed by atoms with van der Waals surface area (Å²) in [7, 11) is 0. The van der Waals surface area contributed by atoms with E-state index in [1.807, 2.05) is 37.6 Å². The van der Waals surface area contributed by atoms with Gasteiger partial charge in [-0.15, -0.1) is 11.6 Å². The summed E-state index contributed by atoms with van der Waals surface area (Å²) >= 11 is 5.39. The molecule has 1 N–H and O–H groups in total. The van der Waals surface area contributed by atoms with Crippen LogP contribution in [0.3, 0.4) is 0 Å². The Kier molecular flexibility index (Phi) is 5.41. The van der Waals surface area contributed by atoms with Crippen LogP contribution in [0.15, 0.2) is 12.3 Å². The maximum absolute atomic E-state index is 12.0. The third-order valence-corrected chi connectivity index (χ3v) is 2.96. The fourth-order valence-electron chi connectivity index (χ4n) is 2.00. The van der Waals surface area contributed by atoms with Crippen LogP contribution in [0.4, 0.5) is 0 Å². The number of carbonyl (C=O) groups excluding carboxylic acids is 2. The molecule has 0 saturated heterocycles. The largest absolute Gasteiger partial charge is 0.345 e. The molecule has 1 aliphatic heterocycles.